The van der Waals surface area contributed by atoms with Crippen LogP contribution in [0.4, 0.5) is 0 Å². The second kappa shape index (κ2) is 16.1. The first-order valence-electron chi connectivity index (χ1n) is 17.9. The predicted octanol–water partition coefficient (Wildman–Crippen LogP) is 9.62. The summed E-state index contributed by atoms with van der Waals surface area (Å²) in [4.78, 5) is 29.0. The number of rotatable bonds is 13. The van der Waals surface area contributed by atoms with E-state index in [1.165, 1.54) is 35.5 Å². The number of ether oxygens (including phenoxy) is 7. The Morgan fingerprint density at radius 3 is 1.20 bits per heavy atom. The van der Waals surface area contributed by atoms with Crippen LogP contribution in [0.25, 0.3) is 43.1 Å². The molecule has 0 heterocycles. The van der Waals surface area contributed by atoms with E-state index in [1.807, 2.05) is 97.1 Å². The summed E-state index contributed by atoms with van der Waals surface area (Å²) in [5.41, 5.74) is 1.72. The van der Waals surface area contributed by atoms with E-state index in [-0.39, 0.29) is 0 Å². The number of carbonyl (C=O) groups excluding carboxylic acids is 2. The Morgan fingerprint density at radius 1 is 0.455 bits per heavy atom. The molecule has 0 saturated carbocycles. The summed E-state index contributed by atoms with van der Waals surface area (Å²) in [5.74, 6) is -0.279. The lowest BCUT2D eigenvalue weighted by Gasteiger charge is -2.29. The van der Waals surface area contributed by atoms with E-state index in [1.54, 1.807) is 19.1 Å². The van der Waals surface area contributed by atoms with E-state index in [4.69, 9.17) is 33.2 Å². The topological polar surface area (TPSA) is 98.8 Å². The largest absolute Gasteiger partial charge is 0.496 e. The van der Waals surface area contributed by atoms with Crippen molar-refractivity contribution in [1.29, 1.82) is 0 Å². The van der Waals surface area contributed by atoms with Gasteiger partial charge in [0.15, 0.2) is 29.8 Å². The highest BCUT2D eigenvalue weighted by Crippen LogP contribution is 2.43. The van der Waals surface area contributed by atoms with E-state index < -0.39 is 36.4 Å². The first kappa shape index (κ1) is 37.2. The molecular weight excluding hydrogens is 696 g/mol. The summed E-state index contributed by atoms with van der Waals surface area (Å²) in [6, 6.07) is 38.7. The molecule has 280 valence electrons. The molecule has 0 bridgehead atoms. The van der Waals surface area contributed by atoms with Crippen LogP contribution in [-0.2, 0) is 28.5 Å². The lowest BCUT2D eigenvalue weighted by atomic mass is 9.93. The van der Waals surface area contributed by atoms with Gasteiger partial charge < -0.3 is 33.2 Å². The van der Waals surface area contributed by atoms with Crippen LogP contribution in [0.5, 0.6) is 17.2 Å². The molecular formula is C46H42O9. The van der Waals surface area contributed by atoms with Crippen LogP contribution >= 0.6 is 0 Å². The van der Waals surface area contributed by atoms with Crippen molar-refractivity contribution in [3.63, 3.8) is 0 Å². The van der Waals surface area contributed by atoms with Crippen molar-refractivity contribution in [2.45, 2.75) is 31.3 Å². The molecule has 0 aliphatic heterocycles. The fourth-order valence-corrected chi connectivity index (χ4v) is 7.51. The summed E-state index contributed by atoms with van der Waals surface area (Å²) in [5, 5.41) is 7.18. The summed E-state index contributed by atoms with van der Waals surface area (Å²) in [6.07, 6.45) is -4.53. The minimum Gasteiger partial charge on any atom is -0.496 e. The molecule has 7 aromatic carbocycles. The average molecular weight is 739 g/mol. The average Bonchev–Trinajstić information content (AvgIpc) is 3.22. The van der Waals surface area contributed by atoms with Crippen LogP contribution in [0.15, 0.2) is 121 Å². The lowest BCUT2D eigenvalue weighted by Crippen LogP contribution is -2.31. The summed E-state index contributed by atoms with van der Waals surface area (Å²) in [6.45, 7) is 1.66. The van der Waals surface area contributed by atoms with Crippen molar-refractivity contribution in [2.75, 3.05) is 35.5 Å². The van der Waals surface area contributed by atoms with Crippen LogP contribution in [0.1, 0.15) is 41.9 Å². The van der Waals surface area contributed by atoms with Gasteiger partial charge in [0.25, 0.3) is 0 Å². The maximum absolute atomic E-state index is 14.6. The summed E-state index contributed by atoms with van der Waals surface area (Å²) in [7, 11) is 7.45. The molecule has 0 unspecified atom stereocenters. The van der Waals surface area contributed by atoms with Crippen molar-refractivity contribution in [3.8, 4) is 17.2 Å². The van der Waals surface area contributed by atoms with Gasteiger partial charge in [-0.2, -0.15) is 0 Å². The molecule has 0 saturated heterocycles. The van der Waals surface area contributed by atoms with Gasteiger partial charge in [-0.15, -0.1) is 0 Å². The van der Waals surface area contributed by atoms with E-state index in [0.717, 1.165) is 43.1 Å². The third kappa shape index (κ3) is 7.00. The number of methoxy groups -OCH3 is 5. The molecule has 9 heteroatoms. The molecule has 0 aliphatic carbocycles. The van der Waals surface area contributed by atoms with Crippen LogP contribution in [0, 0.1) is 0 Å². The smallest absolute Gasteiger partial charge is 0.340 e. The third-order valence-electron chi connectivity index (χ3n) is 10.1. The van der Waals surface area contributed by atoms with Crippen LogP contribution in [-0.4, -0.2) is 53.6 Å². The Bertz CT molecular complexity index is 2420. The Balaban J connectivity index is 1.31. The van der Waals surface area contributed by atoms with Gasteiger partial charge in [0.1, 0.15) is 11.9 Å². The Hall–Kier alpha value is -6.16. The quantitative estimate of drug-likeness (QED) is 0.0846. The van der Waals surface area contributed by atoms with Gasteiger partial charge >= 0.3 is 11.9 Å². The zero-order chi connectivity index (χ0) is 38.6. The maximum Gasteiger partial charge on any atom is 0.340 e. The van der Waals surface area contributed by atoms with Gasteiger partial charge in [-0.05, 0) is 68.2 Å². The van der Waals surface area contributed by atoms with Crippen molar-refractivity contribution in [3.05, 3.63) is 138 Å². The zero-order valence-electron chi connectivity index (χ0n) is 31.5. The van der Waals surface area contributed by atoms with Crippen molar-refractivity contribution < 1.29 is 42.7 Å². The molecule has 0 spiro atoms. The van der Waals surface area contributed by atoms with Gasteiger partial charge in [0, 0.05) is 37.0 Å². The Kier molecular flexibility index (Phi) is 10.9. The fraction of sp³-hybridized carbons (Fsp3) is 0.217. The van der Waals surface area contributed by atoms with E-state index in [2.05, 4.69) is 12.1 Å². The van der Waals surface area contributed by atoms with Crippen LogP contribution < -0.4 is 14.2 Å². The molecule has 0 N–H and O–H groups in total. The molecule has 55 heavy (non-hydrogen) atoms. The number of esters is 2. The molecule has 0 fully saturated rings. The molecule has 0 aliphatic rings. The van der Waals surface area contributed by atoms with Gasteiger partial charge in [-0.1, -0.05) is 97.1 Å². The van der Waals surface area contributed by atoms with Crippen LogP contribution in [0.3, 0.4) is 0 Å². The third-order valence-corrected chi connectivity index (χ3v) is 10.1. The molecule has 9 nitrogen and oxygen atoms in total. The zero-order valence-corrected chi connectivity index (χ0v) is 31.5. The SMILES string of the molecule is COc1cc(OC)c([C@@H](OC(=O)[C@@H](OC)c2c3ccccc3cc3ccccc23)[C@@H](C)OC(=O)[C@@H](OC)c2c3ccccc3cc3ccccc23)cc1OC. The number of hydrogen-bond acceptors (Lipinski definition) is 9. The monoisotopic (exact) mass is 738 g/mol. The Labute approximate surface area is 319 Å². The summed E-state index contributed by atoms with van der Waals surface area (Å²) < 4.78 is 41.6. The van der Waals surface area contributed by atoms with E-state index in [0.29, 0.717) is 33.9 Å². The predicted molar refractivity (Wildman–Crippen MR) is 213 cm³/mol. The molecule has 7 aromatic rings. The highest BCUT2D eigenvalue weighted by atomic mass is 16.6. The lowest BCUT2D eigenvalue weighted by molar-refractivity contribution is -0.180. The second-order valence-electron chi connectivity index (χ2n) is 13.1. The normalized spacial score (nSPS) is 13.6. The molecule has 7 rings (SSSR count). The van der Waals surface area contributed by atoms with Gasteiger partial charge in [-0.25, -0.2) is 9.59 Å². The highest BCUT2D eigenvalue weighted by molar-refractivity contribution is 6.06. The van der Waals surface area contributed by atoms with Crippen molar-refractivity contribution >= 4 is 55.0 Å². The fourth-order valence-electron chi connectivity index (χ4n) is 7.51. The summed E-state index contributed by atoms with van der Waals surface area (Å²) >= 11 is 0. The number of hydrogen-bond donors (Lipinski definition) is 0. The van der Waals surface area contributed by atoms with Gasteiger partial charge in [0.05, 0.1) is 21.3 Å². The molecule has 4 atom stereocenters. The molecule has 0 aromatic heterocycles. The van der Waals surface area contributed by atoms with Gasteiger partial charge in [0.2, 0.25) is 0 Å². The van der Waals surface area contributed by atoms with Crippen molar-refractivity contribution in [1.82, 2.24) is 0 Å². The second-order valence-corrected chi connectivity index (χ2v) is 13.1. The standard InChI is InChI=1S/C46H42O9/c1-27(54-45(47)43(52-5)40-32-19-11-7-15-28(32)23-29-16-8-12-20-33(29)40)42(36-25-38(50-3)39(51-4)26-37(36)49-2)55-46(48)44(53-6)41-34-21-13-9-17-30(34)24-31-18-10-14-22-35(31)41/h7-27,42-44H,1-6H3/t27-,42+,43+,44+/m1/s1. The van der Waals surface area contributed by atoms with E-state index >= 15 is 0 Å². The van der Waals surface area contributed by atoms with E-state index in [9.17, 15) is 9.59 Å². The molecule has 0 radical (unpaired) electrons. The minimum atomic E-state index is -1.20. The Morgan fingerprint density at radius 2 is 0.818 bits per heavy atom. The number of fused-ring (bicyclic) bond motifs is 4. The highest BCUT2D eigenvalue weighted by Gasteiger charge is 2.37. The van der Waals surface area contributed by atoms with Crippen LogP contribution in [0.2, 0.25) is 0 Å². The number of benzene rings is 7. The molecule has 0 amide bonds. The first-order valence-corrected chi connectivity index (χ1v) is 17.9. The maximum atomic E-state index is 14.6. The number of carbonyl (C=O) groups is 2. The first-order chi connectivity index (χ1) is 26.8. The van der Waals surface area contributed by atoms with Crippen molar-refractivity contribution in [2.24, 2.45) is 0 Å². The minimum absolute atomic E-state index is 0.325. The van der Waals surface area contributed by atoms with Gasteiger partial charge in [-0.3, -0.25) is 0 Å².